The van der Waals surface area contributed by atoms with Gasteiger partial charge in [0.2, 0.25) is 5.91 Å². The maximum Gasteiger partial charge on any atom is 0.321 e. The van der Waals surface area contributed by atoms with Gasteiger partial charge in [-0.25, -0.2) is 9.59 Å². The van der Waals surface area contributed by atoms with Crippen LogP contribution in [0.3, 0.4) is 0 Å². The number of hydrogen-bond donors (Lipinski definition) is 4. The first-order valence-electron chi connectivity index (χ1n) is 6.57. The third-order valence-corrected chi connectivity index (χ3v) is 2.39. The van der Waals surface area contributed by atoms with Gasteiger partial charge in [-0.2, -0.15) is 0 Å². The molecule has 5 amide bonds. The molecule has 0 spiro atoms. The fourth-order valence-electron chi connectivity index (χ4n) is 1.30. The lowest BCUT2D eigenvalue weighted by Crippen LogP contribution is -2.44. The second-order valence-electron chi connectivity index (χ2n) is 4.53. The topological polar surface area (TPSA) is 128 Å². The van der Waals surface area contributed by atoms with E-state index in [1.165, 1.54) is 4.90 Å². The fourth-order valence-corrected chi connectivity index (χ4v) is 1.30. The molecule has 0 aliphatic carbocycles. The van der Waals surface area contributed by atoms with Crippen LogP contribution in [0.25, 0.3) is 0 Å². The Labute approximate surface area is 123 Å². The van der Waals surface area contributed by atoms with E-state index in [0.717, 1.165) is 0 Å². The number of carbonyl (C=O) groups is 4. The predicted octanol–water partition coefficient (Wildman–Crippen LogP) is -0.272. The molecule has 0 aliphatic rings. The zero-order valence-electron chi connectivity index (χ0n) is 12.3. The number of unbranched alkanes of at least 4 members (excludes halogenated alkanes) is 1. The van der Waals surface area contributed by atoms with Gasteiger partial charge in [0.15, 0.2) is 0 Å². The molecule has 0 unspecified atom stereocenters. The van der Waals surface area contributed by atoms with E-state index in [2.05, 4.69) is 16.0 Å². The largest absolute Gasteiger partial charge is 0.481 e. The van der Waals surface area contributed by atoms with Crippen LogP contribution >= 0.6 is 0 Å². The summed E-state index contributed by atoms with van der Waals surface area (Å²) in [4.78, 5) is 45.4. The van der Waals surface area contributed by atoms with Crippen LogP contribution in [0.1, 0.15) is 25.7 Å². The van der Waals surface area contributed by atoms with Crippen LogP contribution < -0.4 is 16.0 Å². The van der Waals surface area contributed by atoms with Crippen molar-refractivity contribution >= 4 is 23.9 Å². The molecule has 0 rings (SSSR count). The predicted molar refractivity (Wildman–Crippen MR) is 74.7 cm³/mol. The Bertz CT molecular complexity index is 384. The van der Waals surface area contributed by atoms with Gasteiger partial charge in [-0.3, -0.25) is 14.9 Å². The summed E-state index contributed by atoms with van der Waals surface area (Å²) < 4.78 is 0. The highest BCUT2D eigenvalue weighted by molar-refractivity contribution is 5.94. The molecule has 0 bridgehead atoms. The standard InChI is InChI=1S/C12H22N4O5/c1-16(2)12(21)14-8-7-13-11(20)15-9(17)5-3-4-6-10(18)19/h3-8H2,1-2H3,(H,14,21)(H,18,19)(H2,13,15,17,20). The van der Waals surface area contributed by atoms with Crippen molar-refractivity contribution in [1.29, 1.82) is 0 Å². The normalized spacial score (nSPS) is 9.62. The third-order valence-electron chi connectivity index (χ3n) is 2.39. The zero-order valence-corrected chi connectivity index (χ0v) is 12.3. The van der Waals surface area contributed by atoms with Crippen molar-refractivity contribution in [2.75, 3.05) is 27.2 Å². The molecule has 0 aromatic carbocycles. The summed E-state index contributed by atoms with van der Waals surface area (Å²) in [6.45, 7) is 0.439. The SMILES string of the molecule is CN(C)C(=O)NCCNC(=O)NC(=O)CCCCC(=O)O. The Morgan fingerprint density at radius 3 is 2.10 bits per heavy atom. The van der Waals surface area contributed by atoms with E-state index in [-0.39, 0.29) is 32.0 Å². The zero-order chi connectivity index (χ0) is 16.3. The maximum absolute atomic E-state index is 11.3. The lowest BCUT2D eigenvalue weighted by Gasteiger charge is -2.12. The average Bonchev–Trinajstić information content (AvgIpc) is 2.39. The lowest BCUT2D eigenvalue weighted by molar-refractivity contribution is -0.137. The van der Waals surface area contributed by atoms with E-state index >= 15 is 0 Å². The van der Waals surface area contributed by atoms with Crippen molar-refractivity contribution < 1.29 is 24.3 Å². The number of amides is 5. The number of imide groups is 1. The summed E-state index contributed by atoms with van der Waals surface area (Å²) in [6, 6.07) is -0.913. The summed E-state index contributed by atoms with van der Waals surface area (Å²) in [5, 5.41) is 15.5. The Morgan fingerprint density at radius 1 is 0.952 bits per heavy atom. The van der Waals surface area contributed by atoms with Crippen LogP contribution in [0.4, 0.5) is 9.59 Å². The van der Waals surface area contributed by atoms with Crippen molar-refractivity contribution in [1.82, 2.24) is 20.9 Å². The van der Waals surface area contributed by atoms with E-state index in [9.17, 15) is 19.2 Å². The number of rotatable bonds is 8. The summed E-state index contributed by atoms with van der Waals surface area (Å²) in [6.07, 6.45) is 0.897. The number of carboxylic acids is 1. The van der Waals surface area contributed by atoms with Crippen molar-refractivity contribution in [2.24, 2.45) is 0 Å². The molecule has 0 radical (unpaired) electrons. The van der Waals surface area contributed by atoms with Crippen LogP contribution in [-0.2, 0) is 9.59 Å². The summed E-state index contributed by atoms with van der Waals surface area (Å²) in [5.74, 6) is -1.37. The molecule has 0 saturated heterocycles. The first-order chi connectivity index (χ1) is 9.82. The Balaban J connectivity index is 3.62. The molecule has 0 heterocycles. The molecule has 0 aromatic rings. The Kier molecular flexibility index (Phi) is 9.31. The minimum absolute atomic E-state index is 0.00501. The molecule has 0 atom stereocenters. The average molecular weight is 302 g/mol. The number of carboxylic acid groups (broad SMARTS) is 1. The van der Waals surface area contributed by atoms with Gasteiger partial charge in [0.05, 0.1) is 0 Å². The number of nitrogens with one attached hydrogen (secondary N) is 3. The lowest BCUT2D eigenvalue weighted by atomic mass is 10.2. The van der Waals surface area contributed by atoms with Crippen molar-refractivity contribution in [3.8, 4) is 0 Å². The van der Waals surface area contributed by atoms with Gasteiger partial charge >= 0.3 is 18.0 Å². The molecule has 0 fully saturated rings. The smallest absolute Gasteiger partial charge is 0.321 e. The molecule has 0 aliphatic heterocycles. The molecule has 120 valence electrons. The van der Waals surface area contributed by atoms with Crippen molar-refractivity contribution in [2.45, 2.75) is 25.7 Å². The molecule has 0 aromatic heterocycles. The van der Waals surface area contributed by atoms with Crippen molar-refractivity contribution in [3.63, 3.8) is 0 Å². The summed E-state index contributed by atoms with van der Waals surface area (Å²) in [5.41, 5.74) is 0. The van der Waals surface area contributed by atoms with E-state index in [1.807, 2.05) is 0 Å². The first kappa shape index (κ1) is 18.7. The van der Waals surface area contributed by atoms with E-state index in [4.69, 9.17) is 5.11 Å². The van der Waals surface area contributed by atoms with E-state index < -0.39 is 17.9 Å². The molecular formula is C12H22N4O5. The summed E-state index contributed by atoms with van der Waals surface area (Å²) >= 11 is 0. The molecule has 9 nitrogen and oxygen atoms in total. The van der Waals surface area contributed by atoms with Gasteiger partial charge < -0.3 is 20.6 Å². The highest BCUT2D eigenvalue weighted by Crippen LogP contribution is 1.99. The number of hydrogen-bond acceptors (Lipinski definition) is 4. The van der Waals surface area contributed by atoms with Crippen LogP contribution in [-0.4, -0.2) is 61.1 Å². The quantitative estimate of drug-likeness (QED) is 0.459. The maximum atomic E-state index is 11.3. The number of nitrogens with zero attached hydrogens (tertiary/aromatic N) is 1. The minimum atomic E-state index is -0.909. The highest BCUT2D eigenvalue weighted by atomic mass is 16.4. The second kappa shape index (κ2) is 10.5. The van der Waals surface area contributed by atoms with Crippen molar-refractivity contribution in [3.05, 3.63) is 0 Å². The van der Waals surface area contributed by atoms with Gasteiger partial charge in [0.25, 0.3) is 0 Å². The fraction of sp³-hybridized carbons (Fsp3) is 0.667. The van der Waals surface area contributed by atoms with Gasteiger partial charge in [0.1, 0.15) is 0 Å². The van der Waals surface area contributed by atoms with Gasteiger partial charge in [-0.05, 0) is 12.8 Å². The van der Waals surface area contributed by atoms with E-state index in [1.54, 1.807) is 14.1 Å². The monoisotopic (exact) mass is 302 g/mol. The number of urea groups is 2. The van der Waals surface area contributed by atoms with Crippen LogP contribution in [0.15, 0.2) is 0 Å². The van der Waals surface area contributed by atoms with Crippen LogP contribution in [0.5, 0.6) is 0 Å². The molecule has 4 N–H and O–H groups in total. The van der Waals surface area contributed by atoms with Gasteiger partial charge in [-0.15, -0.1) is 0 Å². The number of aliphatic carboxylic acids is 1. The first-order valence-corrected chi connectivity index (χ1v) is 6.57. The second-order valence-corrected chi connectivity index (χ2v) is 4.53. The molecular weight excluding hydrogens is 280 g/mol. The third kappa shape index (κ3) is 11.2. The van der Waals surface area contributed by atoms with Gasteiger partial charge in [0, 0.05) is 40.0 Å². The van der Waals surface area contributed by atoms with Gasteiger partial charge in [-0.1, -0.05) is 0 Å². The van der Waals surface area contributed by atoms with Crippen LogP contribution in [0.2, 0.25) is 0 Å². The Morgan fingerprint density at radius 2 is 1.52 bits per heavy atom. The number of carbonyl (C=O) groups excluding carboxylic acids is 3. The van der Waals surface area contributed by atoms with E-state index in [0.29, 0.717) is 12.8 Å². The van der Waals surface area contributed by atoms with Crippen LogP contribution in [0, 0.1) is 0 Å². The minimum Gasteiger partial charge on any atom is -0.481 e. The highest BCUT2D eigenvalue weighted by Gasteiger charge is 2.08. The molecule has 0 saturated carbocycles. The Hall–Kier alpha value is -2.32. The molecule has 21 heavy (non-hydrogen) atoms. The molecule has 9 heteroatoms. The summed E-state index contributed by atoms with van der Waals surface area (Å²) in [7, 11) is 3.19.